The van der Waals surface area contributed by atoms with Gasteiger partial charge in [0.15, 0.2) is 6.10 Å². The zero-order valence-corrected chi connectivity index (χ0v) is 36.8. The van der Waals surface area contributed by atoms with Crippen LogP contribution in [0.1, 0.15) is 162 Å². The number of nitrogens with two attached hydrogens (primary N) is 1. The van der Waals surface area contributed by atoms with Gasteiger partial charge in [-0.25, -0.2) is 4.57 Å². The van der Waals surface area contributed by atoms with Crippen LogP contribution in [0.15, 0.2) is 48.6 Å². The molecule has 0 saturated carbocycles. The lowest BCUT2D eigenvalue weighted by Gasteiger charge is -2.20. The lowest BCUT2D eigenvalue weighted by Crippen LogP contribution is -2.34. The third-order valence-electron chi connectivity index (χ3n) is 9.45. The SMILES string of the molecule is CCCCCCCCCCCCCCCCCC(=O)OC[C@H](COP(=O)(O)OC[C@H](N)C(=O)O)OC(=O)CCC[C@H](O)[C@@H](O)/C=C/C=C/C=C\C=C\[C@@H](O)CCCCC. The smallest absolute Gasteiger partial charge is 0.472 e. The second-order valence-electron chi connectivity index (χ2n) is 15.1. The number of rotatable bonds is 40. The Labute approximate surface area is 353 Å². The third-order valence-corrected chi connectivity index (χ3v) is 10.4. The number of ether oxygens (including phenoxy) is 2. The molecule has 0 rings (SSSR count). The quantitative estimate of drug-likeness (QED) is 0.0147. The number of carbonyl (C=O) groups excluding carboxylic acids is 2. The molecule has 342 valence electrons. The van der Waals surface area contributed by atoms with Crippen molar-refractivity contribution in [3.8, 4) is 0 Å². The minimum atomic E-state index is -4.81. The maximum absolute atomic E-state index is 12.7. The van der Waals surface area contributed by atoms with Gasteiger partial charge in [-0.2, -0.15) is 0 Å². The summed E-state index contributed by atoms with van der Waals surface area (Å²) in [5.41, 5.74) is 5.31. The molecule has 0 saturated heterocycles. The summed E-state index contributed by atoms with van der Waals surface area (Å²) >= 11 is 0. The molecule has 0 aliphatic rings. The average molecular weight is 860 g/mol. The molecule has 0 radical (unpaired) electrons. The number of phosphoric ester groups is 1. The Bertz CT molecular complexity index is 1240. The predicted octanol–water partition coefficient (Wildman–Crippen LogP) is 8.31. The van der Waals surface area contributed by atoms with Crippen LogP contribution >= 0.6 is 7.82 Å². The van der Waals surface area contributed by atoms with Gasteiger partial charge in [0, 0.05) is 12.8 Å². The first-order valence-electron chi connectivity index (χ1n) is 22.0. The highest BCUT2D eigenvalue weighted by Gasteiger charge is 2.28. The van der Waals surface area contributed by atoms with Gasteiger partial charge in [-0.15, -0.1) is 0 Å². The van der Waals surface area contributed by atoms with E-state index in [1.807, 2.05) is 0 Å². The van der Waals surface area contributed by atoms with Gasteiger partial charge in [0.1, 0.15) is 12.6 Å². The number of carboxylic acids is 1. The van der Waals surface area contributed by atoms with Gasteiger partial charge < -0.3 is 40.5 Å². The minimum absolute atomic E-state index is 0.0501. The Morgan fingerprint density at radius 3 is 1.63 bits per heavy atom. The molecule has 59 heavy (non-hydrogen) atoms. The number of allylic oxidation sites excluding steroid dienone is 6. The van der Waals surface area contributed by atoms with E-state index in [1.165, 1.54) is 76.7 Å². The van der Waals surface area contributed by atoms with Crippen molar-refractivity contribution in [2.24, 2.45) is 5.73 Å². The molecule has 15 heteroatoms. The summed E-state index contributed by atoms with van der Waals surface area (Å²) in [5, 5.41) is 39.4. The van der Waals surface area contributed by atoms with Gasteiger partial charge >= 0.3 is 25.7 Å². The van der Waals surface area contributed by atoms with Crippen LogP contribution in [0.25, 0.3) is 0 Å². The van der Waals surface area contributed by atoms with Gasteiger partial charge in [-0.3, -0.25) is 23.4 Å². The largest absolute Gasteiger partial charge is 0.480 e. The monoisotopic (exact) mass is 860 g/mol. The van der Waals surface area contributed by atoms with Gasteiger partial charge in [-0.1, -0.05) is 172 Å². The number of aliphatic hydroxyl groups excluding tert-OH is 3. The van der Waals surface area contributed by atoms with Crippen molar-refractivity contribution in [3.63, 3.8) is 0 Å². The number of hydrogen-bond acceptors (Lipinski definition) is 12. The first-order valence-corrected chi connectivity index (χ1v) is 23.5. The molecular weight excluding hydrogens is 781 g/mol. The number of carboxylic acid groups (broad SMARTS) is 1. The van der Waals surface area contributed by atoms with Crippen LogP contribution in [0, 0.1) is 0 Å². The molecule has 0 aromatic heterocycles. The molecule has 0 aromatic rings. The van der Waals surface area contributed by atoms with Crippen molar-refractivity contribution in [1.82, 2.24) is 0 Å². The van der Waals surface area contributed by atoms with Crippen LogP contribution in [-0.2, 0) is 37.5 Å². The van der Waals surface area contributed by atoms with E-state index in [-0.39, 0.29) is 25.7 Å². The zero-order chi connectivity index (χ0) is 44.0. The molecule has 14 nitrogen and oxygen atoms in total. The zero-order valence-electron chi connectivity index (χ0n) is 35.9. The van der Waals surface area contributed by atoms with Crippen molar-refractivity contribution in [2.75, 3.05) is 19.8 Å². The van der Waals surface area contributed by atoms with Crippen molar-refractivity contribution >= 4 is 25.7 Å². The lowest BCUT2D eigenvalue weighted by molar-refractivity contribution is -0.161. The fraction of sp³-hybridized carbons (Fsp3) is 0.750. The second-order valence-corrected chi connectivity index (χ2v) is 16.5. The molecule has 7 N–H and O–H groups in total. The van der Waals surface area contributed by atoms with E-state index >= 15 is 0 Å². The van der Waals surface area contributed by atoms with E-state index in [0.29, 0.717) is 6.42 Å². The Balaban J connectivity index is 4.69. The highest BCUT2D eigenvalue weighted by molar-refractivity contribution is 7.47. The van der Waals surface area contributed by atoms with Crippen molar-refractivity contribution < 1.29 is 62.8 Å². The predicted molar refractivity (Wildman–Crippen MR) is 230 cm³/mol. The summed E-state index contributed by atoms with van der Waals surface area (Å²) < 4.78 is 32.4. The lowest BCUT2D eigenvalue weighted by atomic mass is 10.0. The first kappa shape index (κ1) is 56.3. The molecule has 0 aliphatic carbocycles. The van der Waals surface area contributed by atoms with E-state index < -0.39 is 76.0 Å². The molecule has 0 aliphatic heterocycles. The summed E-state index contributed by atoms with van der Waals surface area (Å²) in [6.07, 6.45) is 31.1. The van der Waals surface area contributed by atoms with Gasteiger partial charge in [0.25, 0.3) is 0 Å². The molecular formula is C44H78NO13P. The molecule has 1 unspecified atom stereocenters. The summed E-state index contributed by atoms with van der Waals surface area (Å²) in [7, 11) is -4.81. The van der Waals surface area contributed by atoms with Crippen LogP contribution in [0.3, 0.4) is 0 Å². The molecule has 0 fully saturated rings. The summed E-state index contributed by atoms with van der Waals surface area (Å²) in [5.74, 6) is -2.75. The summed E-state index contributed by atoms with van der Waals surface area (Å²) in [6.45, 7) is 2.35. The number of carbonyl (C=O) groups is 3. The number of unbranched alkanes of at least 4 members (excludes halogenated alkanes) is 16. The molecule has 0 bridgehead atoms. The van der Waals surface area contributed by atoms with E-state index in [1.54, 1.807) is 42.5 Å². The van der Waals surface area contributed by atoms with E-state index in [0.717, 1.165) is 44.9 Å². The van der Waals surface area contributed by atoms with Gasteiger partial charge in [0.05, 0.1) is 31.5 Å². The number of esters is 2. The first-order chi connectivity index (χ1) is 28.3. The minimum Gasteiger partial charge on any atom is -0.480 e. The fourth-order valence-electron chi connectivity index (χ4n) is 5.80. The topological polar surface area (TPSA) is 232 Å². The van der Waals surface area contributed by atoms with Crippen LogP contribution in [0.5, 0.6) is 0 Å². The fourth-order valence-corrected chi connectivity index (χ4v) is 6.58. The second kappa shape index (κ2) is 38.3. The van der Waals surface area contributed by atoms with Crippen molar-refractivity contribution in [1.29, 1.82) is 0 Å². The number of hydrogen-bond donors (Lipinski definition) is 6. The van der Waals surface area contributed by atoms with Crippen LogP contribution in [0.2, 0.25) is 0 Å². The summed E-state index contributed by atoms with van der Waals surface area (Å²) in [6, 6.07) is -1.58. The molecule has 0 amide bonds. The Kier molecular flexibility index (Phi) is 36.5. The Hall–Kier alpha value is -2.68. The van der Waals surface area contributed by atoms with Gasteiger partial charge in [0.2, 0.25) is 0 Å². The Morgan fingerprint density at radius 2 is 1.07 bits per heavy atom. The molecule has 0 heterocycles. The van der Waals surface area contributed by atoms with Crippen LogP contribution < -0.4 is 5.73 Å². The molecule has 0 spiro atoms. The standard InChI is InChI=1S/C44H78NO13P/c1-3-5-7-8-9-10-11-12-13-14-15-16-17-22-26-32-42(49)55-34-38(35-56-59(53,54)57-36-39(45)44(51)52)58-43(50)33-27-31-41(48)40(47)30-25-21-19-18-20-24-29-37(46)28-23-6-4-2/h18-21,24-25,29-30,37-41,46-48H,3-17,22-23,26-28,31-36,45H2,1-2H3,(H,51,52)(H,53,54)/b20-18-,21-19+,29-24+,30-25+/t37-,38+,39-,40-,41-/m0/s1. The van der Waals surface area contributed by atoms with Crippen LogP contribution in [-0.4, -0.2) is 93.5 Å². The van der Waals surface area contributed by atoms with Crippen LogP contribution in [0.4, 0.5) is 0 Å². The maximum atomic E-state index is 12.7. The molecule has 0 aromatic carbocycles. The highest BCUT2D eigenvalue weighted by atomic mass is 31.2. The molecule has 6 atom stereocenters. The third kappa shape index (κ3) is 36.9. The number of phosphoric acid groups is 1. The normalized spacial score (nSPS) is 15.8. The number of aliphatic carboxylic acids is 1. The van der Waals surface area contributed by atoms with E-state index in [9.17, 15) is 39.2 Å². The van der Waals surface area contributed by atoms with E-state index in [2.05, 4.69) is 18.4 Å². The number of aliphatic hydroxyl groups is 3. The van der Waals surface area contributed by atoms with E-state index in [4.69, 9.17) is 24.8 Å². The summed E-state index contributed by atoms with van der Waals surface area (Å²) in [4.78, 5) is 46.0. The Morgan fingerprint density at radius 1 is 0.593 bits per heavy atom. The van der Waals surface area contributed by atoms with Gasteiger partial charge in [-0.05, 0) is 25.7 Å². The average Bonchev–Trinajstić information content (AvgIpc) is 3.20. The maximum Gasteiger partial charge on any atom is 0.472 e. The van der Waals surface area contributed by atoms with Crippen molar-refractivity contribution in [2.45, 2.75) is 192 Å². The highest BCUT2D eigenvalue weighted by Crippen LogP contribution is 2.43. The van der Waals surface area contributed by atoms with Crippen molar-refractivity contribution in [3.05, 3.63) is 48.6 Å².